The number of hydrogen-bond donors (Lipinski definition) is 2. The number of piperidine rings is 1. The molecule has 1 fully saturated rings. The predicted octanol–water partition coefficient (Wildman–Crippen LogP) is 6.56. The summed E-state index contributed by atoms with van der Waals surface area (Å²) in [7, 11) is 0. The van der Waals surface area contributed by atoms with Crippen LogP contribution in [0.3, 0.4) is 0 Å². The van der Waals surface area contributed by atoms with Gasteiger partial charge in [-0.25, -0.2) is 4.79 Å². The fourth-order valence-corrected chi connectivity index (χ4v) is 4.51. The SMILES string of the molecule is CCC[C@@H](CCC(C)C)C(=O)NC(=O)N1CCCCC1CCNc1ccc(C(C)C)cc1. The maximum Gasteiger partial charge on any atom is 0.324 e. The van der Waals surface area contributed by atoms with Gasteiger partial charge < -0.3 is 10.2 Å². The van der Waals surface area contributed by atoms with Gasteiger partial charge in [0.2, 0.25) is 5.91 Å². The van der Waals surface area contributed by atoms with Gasteiger partial charge in [-0.1, -0.05) is 59.6 Å². The lowest BCUT2D eigenvalue weighted by Gasteiger charge is -2.36. The Morgan fingerprint density at radius 1 is 1.03 bits per heavy atom. The first-order valence-corrected chi connectivity index (χ1v) is 12.8. The number of anilines is 1. The normalized spacial score (nSPS) is 17.5. The van der Waals surface area contributed by atoms with Gasteiger partial charge in [0.15, 0.2) is 0 Å². The minimum absolute atomic E-state index is 0.0648. The molecule has 5 heteroatoms. The average Bonchev–Trinajstić information content (AvgIpc) is 2.77. The maximum atomic E-state index is 13.0. The van der Waals surface area contributed by atoms with Crippen LogP contribution in [0, 0.1) is 11.8 Å². The van der Waals surface area contributed by atoms with E-state index in [1.807, 2.05) is 4.90 Å². The summed E-state index contributed by atoms with van der Waals surface area (Å²) in [5.74, 6) is 0.942. The van der Waals surface area contributed by atoms with Crippen molar-refractivity contribution in [2.45, 2.75) is 97.9 Å². The molecule has 1 saturated heterocycles. The number of carbonyl (C=O) groups is 2. The number of hydrogen-bond acceptors (Lipinski definition) is 3. The Morgan fingerprint density at radius 3 is 2.38 bits per heavy atom. The molecule has 1 aromatic rings. The third-order valence-electron chi connectivity index (χ3n) is 6.60. The van der Waals surface area contributed by atoms with Gasteiger partial charge in [0.05, 0.1) is 0 Å². The van der Waals surface area contributed by atoms with Gasteiger partial charge in [-0.2, -0.15) is 0 Å². The number of imide groups is 1. The Morgan fingerprint density at radius 2 is 1.75 bits per heavy atom. The van der Waals surface area contributed by atoms with Gasteiger partial charge in [0.25, 0.3) is 0 Å². The highest BCUT2D eigenvalue weighted by molar-refractivity contribution is 5.95. The first-order chi connectivity index (χ1) is 15.3. The molecule has 1 heterocycles. The van der Waals surface area contributed by atoms with Crippen LogP contribution in [-0.2, 0) is 4.79 Å². The smallest absolute Gasteiger partial charge is 0.324 e. The third-order valence-corrected chi connectivity index (χ3v) is 6.60. The summed E-state index contributed by atoms with van der Waals surface area (Å²) in [5, 5.41) is 6.24. The molecule has 1 aliphatic rings. The van der Waals surface area contributed by atoms with E-state index in [2.05, 4.69) is 69.5 Å². The van der Waals surface area contributed by atoms with Crippen molar-refractivity contribution in [3.8, 4) is 0 Å². The van der Waals surface area contributed by atoms with Crippen molar-refractivity contribution in [1.29, 1.82) is 0 Å². The molecule has 1 aliphatic heterocycles. The first-order valence-electron chi connectivity index (χ1n) is 12.8. The van der Waals surface area contributed by atoms with Crippen LogP contribution < -0.4 is 10.6 Å². The van der Waals surface area contributed by atoms with Crippen molar-refractivity contribution in [2.24, 2.45) is 11.8 Å². The maximum absolute atomic E-state index is 13.0. The average molecular weight is 444 g/mol. The van der Waals surface area contributed by atoms with E-state index >= 15 is 0 Å². The topological polar surface area (TPSA) is 61.4 Å². The minimum Gasteiger partial charge on any atom is -0.385 e. The lowest BCUT2D eigenvalue weighted by Crippen LogP contribution is -2.51. The van der Waals surface area contributed by atoms with E-state index in [0.29, 0.717) is 11.8 Å². The van der Waals surface area contributed by atoms with E-state index in [9.17, 15) is 9.59 Å². The summed E-state index contributed by atoms with van der Waals surface area (Å²) in [6.45, 7) is 12.4. The summed E-state index contributed by atoms with van der Waals surface area (Å²) in [6, 6.07) is 8.58. The fraction of sp³-hybridized carbons (Fsp3) is 0.704. The Kier molecular flexibility index (Phi) is 11.1. The molecule has 0 radical (unpaired) electrons. The van der Waals surface area contributed by atoms with Crippen molar-refractivity contribution >= 4 is 17.6 Å². The van der Waals surface area contributed by atoms with Gasteiger partial charge in [-0.15, -0.1) is 0 Å². The van der Waals surface area contributed by atoms with Crippen LogP contribution in [0.15, 0.2) is 24.3 Å². The van der Waals surface area contributed by atoms with Crippen molar-refractivity contribution in [3.05, 3.63) is 29.8 Å². The van der Waals surface area contributed by atoms with Gasteiger partial charge in [-0.05, 0) is 68.1 Å². The summed E-state index contributed by atoms with van der Waals surface area (Å²) >= 11 is 0. The Balaban J connectivity index is 1.87. The lowest BCUT2D eigenvalue weighted by atomic mass is 9.93. The molecule has 0 aliphatic carbocycles. The van der Waals surface area contributed by atoms with Gasteiger partial charge in [-0.3, -0.25) is 10.1 Å². The largest absolute Gasteiger partial charge is 0.385 e. The van der Waals surface area contributed by atoms with Gasteiger partial charge >= 0.3 is 6.03 Å². The predicted molar refractivity (Wildman–Crippen MR) is 134 cm³/mol. The second kappa shape index (κ2) is 13.5. The molecule has 2 rings (SSSR count). The number of benzene rings is 1. The molecule has 0 bridgehead atoms. The number of amides is 3. The Hall–Kier alpha value is -2.04. The van der Waals surface area contributed by atoms with Crippen LogP contribution in [0.4, 0.5) is 10.5 Å². The highest BCUT2D eigenvalue weighted by Gasteiger charge is 2.29. The molecule has 5 nitrogen and oxygen atoms in total. The van der Waals surface area contributed by atoms with Crippen LogP contribution in [0.25, 0.3) is 0 Å². The first kappa shape index (κ1) is 26.2. The molecule has 1 aromatic carbocycles. The molecule has 1 unspecified atom stereocenters. The van der Waals surface area contributed by atoms with Crippen molar-refractivity contribution in [1.82, 2.24) is 10.2 Å². The second-order valence-corrected chi connectivity index (χ2v) is 10.1. The zero-order valence-electron chi connectivity index (χ0n) is 21.0. The second-order valence-electron chi connectivity index (χ2n) is 10.1. The minimum atomic E-state index is -0.202. The number of carbonyl (C=O) groups excluding carboxylic acids is 2. The van der Waals surface area contributed by atoms with Crippen LogP contribution in [0.5, 0.6) is 0 Å². The van der Waals surface area contributed by atoms with Crippen LogP contribution >= 0.6 is 0 Å². The molecule has 0 aromatic heterocycles. The van der Waals surface area contributed by atoms with E-state index < -0.39 is 0 Å². The molecule has 180 valence electrons. The standard InChI is InChI=1S/C27H45N3O2/c1-6-9-23(12-11-20(2)3)26(31)29-27(32)30-19-8-7-10-25(30)17-18-28-24-15-13-22(14-16-24)21(4)5/h13-16,20-21,23,25,28H,6-12,17-19H2,1-5H3,(H,29,31,32)/t23-,25?/m0/s1. The molecule has 2 N–H and O–H groups in total. The number of likely N-dealkylation sites (tertiary alicyclic amines) is 1. The highest BCUT2D eigenvalue weighted by atomic mass is 16.2. The van der Waals surface area contributed by atoms with Crippen molar-refractivity contribution < 1.29 is 9.59 Å². The van der Waals surface area contributed by atoms with Gasteiger partial charge in [0, 0.05) is 30.7 Å². The van der Waals surface area contributed by atoms with Crippen LogP contribution in [-0.4, -0.2) is 36.0 Å². The van der Waals surface area contributed by atoms with E-state index in [0.717, 1.165) is 70.1 Å². The zero-order chi connectivity index (χ0) is 23.5. The molecule has 2 atom stereocenters. The van der Waals surface area contributed by atoms with Crippen LogP contribution in [0.2, 0.25) is 0 Å². The molecule has 32 heavy (non-hydrogen) atoms. The molecular weight excluding hydrogens is 398 g/mol. The summed E-state index contributed by atoms with van der Waals surface area (Å²) < 4.78 is 0. The monoisotopic (exact) mass is 443 g/mol. The number of urea groups is 1. The van der Waals surface area contributed by atoms with E-state index in [1.165, 1.54) is 5.56 Å². The zero-order valence-corrected chi connectivity index (χ0v) is 21.0. The van der Waals surface area contributed by atoms with Crippen molar-refractivity contribution in [3.63, 3.8) is 0 Å². The summed E-state index contributed by atoms with van der Waals surface area (Å²) in [5.41, 5.74) is 2.45. The molecule has 0 saturated carbocycles. The number of nitrogens with one attached hydrogen (secondary N) is 2. The molecule has 0 spiro atoms. The van der Waals surface area contributed by atoms with Gasteiger partial charge in [0.1, 0.15) is 0 Å². The molecule has 3 amide bonds. The Bertz CT molecular complexity index is 699. The fourth-order valence-electron chi connectivity index (χ4n) is 4.51. The number of rotatable bonds is 11. The Labute approximate surface area is 195 Å². The summed E-state index contributed by atoms with van der Waals surface area (Å²) in [6.07, 6.45) is 7.71. The van der Waals surface area contributed by atoms with Crippen molar-refractivity contribution in [2.75, 3.05) is 18.4 Å². The van der Waals surface area contributed by atoms with Crippen LogP contribution in [0.1, 0.15) is 97.5 Å². The molecular formula is C27H45N3O2. The van der Waals surface area contributed by atoms with E-state index in [1.54, 1.807) is 0 Å². The highest BCUT2D eigenvalue weighted by Crippen LogP contribution is 2.22. The van der Waals surface area contributed by atoms with E-state index in [4.69, 9.17) is 0 Å². The lowest BCUT2D eigenvalue weighted by molar-refractivity contribution is -0.124. The quantitative estimate of drug-likeness (QED) is 0.407. The van der Waals surface area contributed by atoms with E-state index in [-0.39, 0.29) is 23.9 Å². The third kappa shape index (κ3) is 8.48. The summed E-state index contributed by atoms with van der Waals surface area (Å²) in [4.78, 5) is 27.7. The number of nitrogens with zero attached hydrogens (tertiary/aromatic N) is 1.